The number of primary amides is 1. The van der Waals surface area contributed by atoms with E-state index in [0.29, 0.717) is 46.7 Å². The molecule has 1 amide bonds. The Morgan fingerprint density at radius 2 is 2.00 bits per heavy atom. The van der Waals surface area contributed by atoms with Gasteiger partial charge in [-0.3, -0.25) is 14.5 Å². The lowest BCUT2D eigenvalue weighted by molar-refractivity contribution is -0.114. The van der Waals surface area contributed by atoms with Gasteiger partial charge in [-0.05, 0) is 72.9 Å². The van der Waals surface area contributed by atoms with Crippen LogP contribution >= 0.6 is 0 Å². The van der Waals surface area contributed by atoms with Crippen molar-refractivity contribution >= 4 is 11.6 Å². The van der Waals surface area contributed by atoms with Crippen molar-refractivity contribution < 1.29 is 4.79 Å². The number of carbonyl (C=O) groups excluding carboxylic acids is 1. The topological polar surface area (TPSA) is 111 Å². The van der Waals surface area contributed by atoms with Gasteiger partial charge in [0.15, 0.2) is 0 Å². The molecule has 0 bridgehead atoms. The summed E-state index contributed by atoms with van der Waals surface area (Å²) in [7, 11) is 0. The van der Waals surface area contributed by atoms with E-state index in [2.05, 4.69) is 22.5 Å². The van der Waals surface area contributed by atoms with Crippen LogP contribution in [-0.4, -0.2) is 41.0 Å². The SMILES string of the molecule is NC(=O)C1=C(N)C2C(CN=C1c1cnn(Cc3ccccc3)c1)[C@@H]1[C@H]2C12CCC1CNCC1C2. The van der Waals surface area contributed by atoms with E-state index in [-0.39, 0.29) is 5.92 Å². The molecule has 3 aliphatic carbocycles. The van der Waals surface area contributed by atoms with Gasteiger partial charge in [0.25, 0.3) is 5.91 Å². The van der Waals surface area contributed by atoms with E-state index in [1.165, 1.54) is 31.4 Å². The van der Waals surface area contributed by atoms with Crippen molar-refractivity contribution in [2.45, 2.75) is 25.8 Å². The summed E-state index contributed by atoms with van der Waals surface area (Å²) in [5, 5.41) is 8.13. The number of fused-ring (bicyclic) bond motifs is 7. The summed E-state index contributed by atoms with van der Waals surface area (Å²) in [5.41, 5.74) is 16.8. The number of nitrogens with zero attached hydrogens (tertiary/aromatic N) is 3. The van der Waals surface area contributed by atoms with E-state index in [1.807, 2.05) is 29.1 Å². The summed E-state index contributed by atoms with van der Waals surface area (Å²) in [4.78, 5) is 17.7. The number of hydrogen-bond donors (Lipinski definition) is 3. The number of nitrogens with two attached hydrogens (primary N) is 2. The Hall–Kier alpha value is -2.93. The van der Waals surface area contributed by atoms with Gasteiger partial charge < -0.3 is 16.8 Å². The lowest BCUT2D eigenvalue weighted by Gasteiger charge is -2.34. The fourth-order valence-electron chi connectivity index (χ4n) is 8.26. The predicted octanol–water partition coefficient (Wildman–Crippen LogP) is 1.93. The molecule has 1 aromatic carbocycles. The van der Waals surface area contributed by atoms with Crippen molar-refractivity contribution in [3.63, 3.8) is 0 Å². The van der Waals surface area contributed by atoms with Crippen molar-refractivity contribution in [1.82, 2.24) is 15.1 Å². The zero-order chi connectivity index (χ0) is 23.0. The van der Waals surface area contributed by atoms with Crippen molar-refractivity contribution in [3.8, 4) is 0 Å². The summed E-state index contributed by atoms with van der Waals surface area (Å²) >= 11 is 0. The molecule has 176 valence electrons. The molecule has 3 saturated carbocycles. The third kappa shape index (κ3) is 2.82. The van der Waals surface area contributed by atoms with Crippen molar-refractivity contribution in [1.29, 1.82) is 0 Å². The molecular formula is C27H32N6O. The first-order valence-electron chi connectivity index (χ1n) is 12.7. The first-order valence-corrected chi connectivity index (χ1v) is 12.7. The lowest BCUT2D eigenvalue weighted by atomic mass is 9.71. The van der Waals surface area contributed by atoms with Gasteiger partial charge in [0.1, 0.15) is 0 Å². The molecule has 1 saturated heterocycles. The summed E-state index contributed by atoms with van der Waals surface area (Å²) in [6.45, 7) is 3.72. The minimum atomic E-state index is -0.477. The third-order valence-electron chi connectivity index (χ3n) is 9.70. The molecule has 4 fully saturated rings. The second kappa shape index (κ2) is 7.28. The van der Waals surface area contributed by atoms with Gasteiger partial charge in [0.05, 0.1) is 24.0 Å². The first kappa shape index (κ1) is 20.4. The van der Waals surface area contributed by atoms with E-state index < -0.39 is 5.91 Å². The number of benzene rings is 1. The summed E-state index contributed by atoms with van der Waals surface area (Å²) in [6.07, 6.45) is 7.68. The Kier molecular flexibility index (Phi) is 4.38. The molecule has 7 atom stereocenters. The fraction of sp³-hybridized carbons (Fsp3) is 0.519. The van der Waals surface area contributed by atoms with Crippen LogP contribution < -0.4 is 16.8 Å². The molecular weight excluding hydrogens is 424 g/mol. The smallest absolute Gasteiger partial charge is 0.252 e. The van der Waals surface area contributed by atoms with Crippen LogP contribution in [0.3, 0.4) is 0 Å². The third-order valence-corrected chi connectivity index (χ3v) is 9.70. The highest BCUT2D eigenvalue weighted by atomic mass is 16.1. The number of amides is 1. The van der Waals surface area contributed by atoms with Crippen LogP contribution in [-0.2, 0) is 11.3 Å². The van der Waals surface area contributed by atoms with Crippen LogP contribution in [0.2, 0.25) is 0 Å². The Morgan fingerprint density at radius 1 is 1.18 bits per heavy atom. The molecule has 5 N–H and O–H groups in total. The largest absolute Gasteiger partial charge is 0.401 e. The number of carbonyl (C=O) groups is 1. The van der Waals surface area contributed by atoms with Crippen LogP contribution in [0.1, 0.15) is 30.4 Å². The summed E-state index contributed by atoms with van der Waals surface area (Å²) < 4.78 is 1.88. The maximum absolute atomic E-state index is 12.7. The van der Waals surface area contributed by atoms with Gasteiger partial charge in [0, 0.05) is 29.9 Å². The Bertz CT molecular complexity index is 1210. The average Bonchev–Trinajstić information content (AvgIpc) is 3.17. The lowest BCUT2D eigenvalue weighted by Crippen LogP contribution is -2.37. The van der Waals surface area contributed by atoms with E-state index in [4.69, 9.17) is 16.5 Å². The molecule has 7 rings (SSSR count). The number of rotatable bonds is 4. The van der Waals surface area contributed by atoms with Crippen LogP contribution in [0.5, 0.6) is 0 Å². The van der Waals surface area contributed by atoms with Crippen molar-refractivity contribution in [3.05, 3.63) is 65.1 Å². The number of hydrogen-bond acceptors (Lipinski definition) is 5. The molecule has 2 aromatic rings. The predicted molar refractivity (Wildman–Crippen MR) is 130 cm³/mol. The zero-order valence-electron chi connectivity index (χ0n) is 19.4. The molecule has 5 aliphatic rings. The molecule has 1 aromatic heterocycles. The molecule has 1 spiro atoms. The van der Waals surface area contributed by atoms with E-state index >= 15 is 0 Å². The van der Waals surface area contributed by atoms with Crippen LogP contribution in [0.15, 0.2) is 59.0 Å². The van der Waals surface area contributed by atoms with Crippen LogP contribution in [0, 0.1) is 40.9 Å². The average molecular weight is 457 g/mol. The molecule has 3 heterocycles. The highest BCUT2D eigenvalue weighted by molar-refractivity contribution is 6.28. The van der Waals surface area contributed by atoms with Gasteiger partial charge in [-0.25, -0.2) is 0 Å². The number of nitrogens with one attached hydrogen (secondary N) is 1. The van der Waals surface area contributed by atoms with Gasteiger partial charge >= 0.3 is 0 Å². The summed E-state index contributed by atoms with van der Waals surface area (Å²) in [5.74, 6) is 3.15. The minimum Gasteiger partial charge on any atom is -0.401 e. The number of allylic oxidation sites excluding steroid dienone is 1. The molecule has 34 heavy (non-hydrogen) atoms. The quantitative estimate of drug-likeness (QED) is 0.653. The van der Waals surface area contributed by atoms with Gasteiger partial charge in [-0.15, -0.1) is 0 Å². The number of aliphatic imine (C=N–C) groups is 1. The van der Waals surface area contributed by atoms with E-state index in [1.54, 1.807) is 6.20 Å². The van der Waals surface area contributed by atoms with Gasteiger partial charge in [-0.2, -0.15) is 5.10 Å². The Labute approximate surface area is 199 Å². The van der Waals surface area contributed by atoms with Crippen molar-refractivity contribution in [2.75, 3.05) is 19.6 Å². The molecule has 2 aliphatic heterocycles. The molecule has 7 nitrogen and oxygen atoms in total. The first-order chi connectivity index (χ1) is 16.6. The highest BCUT2D eigenvalue weighted by Crippen LogP contribution is 2.82. The van der Waals surface area contributed by atoms with Crippen LogP contribution in [0.4, 0.5) is 0 Å². The number of aromatic nitrogens is 2. The van der Waals surface area contributed by atoms with Gasteiger partial charge in [-0.1, -0.05) is 30.3 Å². The molecule has 5 unspecified atom stereocenters. The Morgan fingerprint density at radius 3 is 2.82 bits per heavy atom. The molecule has 0 radical (unpaired) electrons. The van der Waals surface area contributed by atoms with Crippen LogP contribution in [0.25, 0.3) is 0 Å². The maximum Gasteiger partial charge on any atom is 0.252 e. The molecule has 7 heteroatoms. The normalized spacial score (nSPS) is 37.8. The summed E-state index contributed by atoms with van der Waals surface area (Å²) in [6, 6.07) is 10.2. The van der Waals surface area contributed by atoms with Gasteiger partial charge in [0.2, 0.25) is 0 Å². The van der Waals surface area contributed by atoms with E-state index in [0.717, 1.165) is 30.5 Å². The fourth-order valence-corrected chi connectivity index (χ4v) is 8.26. The second-order valence-corrected chi connectivity index (χ2v) is 11.2. The monoisotopic (exact) mass is 456 g/mol. The highest BCUT2D eigenvalue weighted by Gasteiger charge is 2.79. The minimum absolute atomic E-state index is 0.235. The zero-order valence-corrected chi connectivity index (χ0v) is 19.4. The van der Waals surface area contributed by atoms with E-state index in [9.17, 15) is 4.79 Å². The second-order valence-electron chi connectivity index (χ2n) is 11.2. The standard InChI is InChI=1S/C27H32N6O/c28-24-20-19(22-23(20)27(22)7-6-16-9-30-10-17(16)8-27)12-31-25(21(24)26(29)34)18-11-32-33(14-18)13-15-4-2-1-3-5-15/h1-5,11,14,16-17,19-20,22-23,30H,6-10,12-13,28H2,(H2,29,34)/t16?,17?,19?,20?,22-,23+,27?/m1/s1. The maximum atomic E-state index is 12.7. The Balaban J connectivity index is 1.17. The van der Waals surface area contributed by atoms with Crippen molar-refractivity contribution in [2.24, 2.45) is 57.4 Å².